The number of nitrogens with zero attached hydrogens (tertiary/aromatic N) is 1. The van der Waals surface area contributed by atoms with Crippen molar-refractivity contribution < 1.29 is 4.79 Å². The molecule has 0 radical (unpaired) electrons. The fraction of sp³-hybridized carbons (Fsp3) is 0.786. The van der Waals surface area contributed by atoms with Gasteiger partial charge in [-0.25, -0.2) is 0 Å². The molecular formula is C14H28N2OS. The second-order valence-electron chi connectivity index (χ2n) is 4.87. The zero-order chi connectivity index (χ0) is 14.0. The Balaban J connectivity index is 4.32. The minimum atomic E-state index is -0.372. The van der Waals surface area contributed by atoms with E-state index in [1.165, 1.54) is 0 Å². The molecule has 1 amide bonds. The van der Waals surface area contributed by atoms with Gasteiger partial charge in [0.05, 0.1) is 6.04 Å². The molecule has 0 rings (SSSR count). The number of hydrogen-bond acceptors (Lipinski definition) is 3. The lowest BCUT2D eigenvalue weighted by molar-refractivity contribution is -0.133. The van der Waals surface area contributed by atoms with Gasteiger partial charge in [-0.15, -0.1) is 6.58 Å². The third-order valence-corrected chi connectivity index (χ3v) is 3.62. The summed E-state index contributed by atoms with van der Waals surface area (Å²) in [6.45, 7) is 9.30. The van der Waals surface area contributed by atoms with Gasteiger partial charge in [-0.2, -0.15) is 11.8 Å². The van der Waals surface area contributed by atoms with Gasteiger partial charge < -0.3 is 10.6 Å². The zero-order valence-electron chi connectivity index (χ0n) is 12.0. The van der Waals surface area contributed by atoms with Crippen LogP contribution in [0.15, 0.2) is 12.7 Å². The highest BCUT2D eigenvalue weighted by atomic mass is 32.2. The molecule has 18 heavy (non-hydrogen) atoms. The van der Waals surface area contributed by atoms with Gasteiger partial charge >= 0.3 is 0 Å². The van der Waals surface area contributed by atoms with E-state index in [1.54, 1.807) is 0 Å². The number of carbonyl (C=O) groups is 1. The molecular weight excluding hydrogens is 244 g/mol. The maximum Gasteiger partial charge on any atom is 0.239 e. The largest absolute Gasteiger partial charge is 0.341 e. The lowest BCUT2D eigenvalue weighted by Crippen LogP contribution is -2.47. The fourth-order valence-corrected chi connectivity index (χ4v) is 2.07. The molecule has 4 heteroatoms. The van der Waals surface area contributed by atoms with Crippen LogP contribution in [0.25, 0.3) is 0 Å². The van der Waals surface area contributed by atoms with E-state index in [9.17, 15) is 4.79 Å². The highest BCUT2D eigenvalue weighted by molar-refractivity contribution is 7.98. The molecule has 0 spiro atoms. The van der Waals surface area contributed by atoms with E-state index >= 15 is 0 Å². The third kappa shape index (κ3) is 7.07. The Morgan fingerprint density at radius 3 is 2.50 bits per heavy atom. The van der Waals surface area contributed by atoms with Crippen molar-refractivity contribution in [1.82, 2.24) is 4.90 Å². The number of rotatable bonds is 10. The van der Waals surface area contributed by atoms with Gasteiger partial charge in [0, 0.05) is 13.1 Å². The van der Waals surface area contributed by atoms with E-state index in [4.69, 9.17) is 5.73 Å². The number of carbonyl (C=O) groups excluding carboxylic acids is 1. The summed E-state index contributed by atoms with van der Waals surface area (Å²) >= 11 is 1.81. The highest BCUT2D eigenvalue weighted by Crippen LogP contribution is 2.07. The monoisotopic (exact) mass is 272 g/mol. The van der Waals surface area contributed by atoms with Crippen molar-refractivity contribution in [2.45, 2.75) is 39.2 Å². The van der Waals surface area contributed by atoms with E-state index in [-0.39, 0.29) is 17.9 Å². The summed E-state index contributed by atoms with van der Waals surface area (Å²) in [7, 11) is 0. The van der Waals surface area contributed by atoms with Crippen molar-refractivity contribution in [3.05, 3.63) is 12.7 Å². The number of unbranched alkanes of at least 4 members (excludes halogenated alkanes) is 1. The Hall–Kier alpha value is -0.480. The Morgan fingerprint density at radius 1 is 1.39 bits per heavy atom. The molecule has 0 unspecified atom stereocenters. The summed E-state index contributed by atoms with van der Waals surface area (Å²) in [5.74, 6) is 1.37. The molecule has 0 aliphatic heterocycles. The van der Waals surface area contributed by atoms with E-state index in [0.29, 0.717) is 0 Å². The summed E-state index contributed by atoms with van der Waals surface area (Å²) in [5, 5.41) is 0. The van der Waals surface area contributed by atoms with Gasteiger partial charge in [0.1, 0.15) is 0 Å². The van der Waals surface area contributed by atoms with Crippen molar-refractivity contribution in [2.24, 2.45) is 11.7 Å². The van der Waals surface area contributed by atoms with Crippen molar-refractivity contribution in [3.8, 4) is 0 Å². The third-order valence-electron chi connectivity index (χ3n) is 2.93. The molecule has 2 N–H and O–H groups in total. The van der Waals surface area contributed by atoms with Crippen LogP contribution in [0.1, 0.15) is 33.1 Å². The fourth-order valence-electron chi connectivity index (χ4n) is 1.65. The minimum Gasteiger partial charge on any atom is -0.341 e. The highest BCUT2D eigenvalue weighted by Gasteiger charge is 2.22. The van der Waals surface area contributed by atoms with Crippen LogP contribution in [0, 0.1) is 5.92 Å². The summed E-state index contributed by atoms with van der Waals surface area (Å²) in [6.07, 6.45) is 6.94. The predicted octanol–water partition coefficient (Wildman–Crippen LogP) is 2.52. The number of nitrogens with two attached hydrogens (primary N) is 1. The molecule has 3 nitrogen and oxygen atoms in total. The SMILES string of the molecule is C=CCCCN(CCCSC)C(=O)[C@@H](N)C(C)C. The molecule has 0 aromatic rings. The Kier molecular flexibility index (Phi) is 10.2. The maximum atomic E-state index is 12.2. The van der Waals surface area contributed by atoms with Gasteiger partial charge in [0.15, 0.2) is 0 Å². The second kappa shape index (κ2) is 10.4. The summed E-state index contributed by atoms with van der Waals surface area (Å²) in [5.41, 5.74) is 5.95. The molecule has 0 saturated heterocycles. The minimum absolute atomic E-state index is 0.0927. The van der Waals surface area contributed by atoms with Gasteiger partial charge in [0.2, 0.25) is 5.91 Å². The standard InChI is InChI=1S/C14H28N2OS/c1-5-6-7-9-16(10-8-11-18-4)14(17)13(15)12(2)3/h5,12-13H,1,6-11,15H2,2-4H3/t13-/m0/s1. The lowest BCUT2D eigenvalue weighted by atomic mass is 10.0. The summed E-state index contributed by atoms with van der Waals surface area (Å²) in [4.78, 5) is 14.2. The Bertz CT molecular complexity index is 244. The van der Waals surface area contributed by atoms with Crippen LogP contribution in [-0.2, 0) is 4.79 Å². The van der Waals surface area contributed by atoms with Crippen molar-refractivity contribution in [1.29, 1.82) is 0 Å². The van der Waals surface area contributed by atoms with Crippen molar-refractivity contribution in [2.75, 3.05) is 25.1 Å². The van der Waals surface area contributed by atoms with E-state index < -0.39 is 0 Å². The molecule has 0 heterocycles. The molecule has 0 aliphatic carbocycles. The predicted molar refractivity (Wildman–Crippen MR) is 81.8 cm³/mol. The molecule has 1 atom stereocenters. The second-order valence-corrected chi connectivity index (χ2v) is 5.86. The number of amides is 1. The summed E-state index contributed by atoms with van der Waals surface area (Å²) in [6, 6.07) is -0.372. The average Bonchev–Trinajstić information content (AvgIpc) is 2.35. The molecule has 0 bridgehead atoms. The van der Waals surface area contributed by atoms with E-state index in [2.05, 4.69) is 12.8 Å². The topological polar surface area (TPSA) is 46.3 Å². The summed E-state index contributed by atoms with van der Waals surface area (Å²) < 4.78 is 0. The van der Waals surface area contributed by atoms with Gasteiger partial charge in [-0.1, -0.05) is 19.9 Å². The average molecular weight is 272 g/mol. The van der Waals surface area contributed by atoms with Crippen molar-refractivity contribution in [3.63, 3.8) is 0 Å². The van der Waals surface area contributed by atoms with Crippen LogP contribution in [0.3, 0.4) is 0 Å². The van der Waals surface area contributed by atoms with Crippen molar-refractivity contribution >= 4 is 17.7 Å². The molecule has 0 saturated carbocycles. The zero-order valence-corrected chi connectivity index (χ0v) is 12.8. The Morgan fingerprint density at radius 2 is 2.00 bits per heavy atom. The molecule has 0 fully saturated rings. The van der Waals surface area contributed by atoms with Crippen LogP contribution >= 0.6 is 11.8 Å². The first-order chi connectivity index (χ1) is 8.54. The quantitative estimate of drug-likeness (QED) is 0.491. The smallest absolute Gasteiger partial charge is 0.239 e. The molecule has 0 aromatic heterocycles. The lowest BCUT2D eigenvalue weighted by Gasteiger charge is -2.27. The van der Waals surface area contributed by atoms with Gasteiger partial charge in [0.25, 0.3) is 0 Å². The van der Waals surface area contributed by atoms with Gasteiger partial charge in [-0.3, -0.25) is 4.79 Å². The van der Waals surface area contributed by atoms with E-state index in [1.807, 2.05) is 36.6 Å². The maximum absolute atomic E-state index is 12.2. The molecule has 0 aliphatic rings. The first-order valence-electron chi connectivity index (χ1n) is 6.68. The van der Waals surface area contributed by atoms with Crippen LogP contribution < -0.4 is 5.73 Å². The van der Waals surface area contributed by atoms with Gasteiger partial charge in [-0.05, 0) is 37.2 Å². The number of allylic oxidation sites excluding steroid dienone is 1. The van der Waals surface area contributed by atoms with Crippen LogP contribution in [0.4, 0.5) is 0 Å². The number of thioether (sulfide) groups is 1. The Labute approximate surface area is 116 Å². The van der Waals surface area contributed by atoms with E-state index in [0.717, 1.165) is 38.1 Å². The molecule has 106 valence electrons. The van der Waals surface area contributed by atoms with Crippen LogP contribution in [0.2, 0.25) is 0 Å². The van der Waals surface area contributed by atoms with Crippen LogP contribution in [-0.4, -0.2) is 41.9 Å². The molecule has 0 aromatic carbocycles. The van der Waals surface area contributed by atoms with Crippen LogP contribution in [0.5, 0.6) is 0 Å². The normalized spacial score (nSPS) is 12.5. The number of hydrogen-bond donors (Lipinski definition) is 1. The first kappa shape index (κ1) is 17.5. The first-order valence-corrected chi connectivity index (χ1v) is 8.08.